The third-order valence-electron chi connectivity index (χ3n) is 11.6. The molecule has 0 bridgehead atoms. The van der Waals surface area contributed by atoms with Gasteiger partial charge in [-0.15, -0.1) is 0 Å². The van der Waals surface area contributed by atoms with Crippen molar-refractivity contribution in [2.24, 2.45) is 11.8 Å². The lowest BCUT2D eigenvalue weighted by Gasteiger charge is -2.33. The van der Waals surface area contributed by atoms with Crippen molar-refractivity contribution in [1.29, 1.82) is 0 Å². The van der Waals surface area contributed by atoms with Crippen LogP contribution in [0.15, 0.2) is 0 Å². The van der Waals surface area contributed by atoms with Crippen molar-refractivity contribution in [2.75, 3.05) is 19.7 Å². The van der Waals surface area contributed by atoms with Gasteiger partial charge in [0.1, 0.15) is 48.3 Å². The first-order valence-electron chi connectivity index (χ1n) is 22.7. The van der Waals surface area contributed by atoms with Gasteiger partial charge < -0.3 is 78.1 Å². The number of hydrogen-bond donors (Lipinski definition) is 14. The molecule has 2 rings (SSSR count). The number of nitrogens with zero attached hydrogens (tertiary/aromatic N) is 1. The molecule has 2 heterocycles. The molecule has 2 fully saturated rings. The van der Waals surface area contributed by atoms with Crippen LogP contribution in [0.25, 0.3) is 0 Å². The average Bonchev–Trinajstić information content (AvgIpc) is 4.01. The van der Waals surface area contributed by atoms with Gasteiger partial charge in [-0.3, -0.25) is 57.5 Å². The Hall–Kier alpha value is -6.97. The van der Waals surface area contributed by atoms with Crippen LogP contribution in [-0.2, 0) is 62.3 Å². The molecule has 0 unspecified atom stereocenters. The van der Waals surface area contributed by atoms with Gasteiger partial charge in [-0.25, -0.2) is 4.79 Å². The number of carboxylic acids is 5. The highest BCUT2D eigenvalue weighted by Crippen LogP contribution is 2.22. The van der Waals surface area contributed by atoms with E-state index in [0.29, 0.717) is 25.8 Å². The number of rotatable bonds is 30. The van der Waals surface area contributed by atoms with E-state index in [2.05, 4.69) is 26.6 Å². The van der Waals surface area contributed by atoms with E-state index in [0.717, 1.165) is 6.42 Å². The second-order valence-corrected chi connectivity index (χ2v) is 17.3. The quantitative estimate of drug-likeness (QED) is 0.0323. The molecule has 70 heavy (non-hydrogen) atoms. The molecule has 0 saturated carbocycles. The van der Waals surface area contributed by atoms with E-state index in [1.807, 2.05) is 16.0 Å². The first kappa shape index (κ1) is 59.2. The summed E-state index contributed by atoms with van der Waals surface area (Å²) in [5, 5.41) is 75.5. The summed E-state index contributed by atoms with van der Waals surface area (Å²) >= 11 is 0. The maximum absolute atomic E-state index is 14.1. The van der Waals surface area contributed by atoms with Crippen molar-refractivity contribution in [3.63, 3.8) is 0 Å². The molecule has 2 aliphatic heterocycles. The van der Waals surface area contributed by atoms with Gasteiger partial charge in [0.2, 0.25) is 47.3 Å². The zero-order valence-electron chi connectivity index (χ0n) is 39.2. The fraction of sp³-hybridized carbons (Fsp3) is 0.690. The predicted molar refractivity (Wildman–Crippen MR) is 237 cm³/mol. The smallest absolute Gasteiger partial charge is 0.326 e. The number of likely N-dealkylation sites (tertiary alicyclic amines) is 1. The molecular weight excluding hydrogens is 935 g/mol. The van der Waals surface area contributed by atoms with E-state index < -0.39 is 188 Å². The minimum atomic E-state index is -2.14. The number of carbonyl (C=O) groups excluding carboxylic acids is 8. The Kier molecular flexibility index (Phi) is 24.1. The Morgan fingerprint density at radius 3 is 1.51 bits per heavy atom. The van der Waals surface area contributed by atoms with Crippen LogP contribution in [0.4, 0.5) is 0 Å². The molecule has 2 aliphatic rings. The summed E-state index contributed by atoms with van der Waals surface area (Å²) < 4.78 is 0. The lowest BCUT2D eigenvalue weighted by molar-refractivity contribution is -0.145. The van der Waals surface area contributed by atoms with Crippen LogP contribution in [0.2, 0.25) is 0 Å². The number of aliphatic carboxylic acids is 5. The van der Waals surface area contributed by atoms with Crippen LogP contribution >= 0.6 is 0 Å². The highest BCUT2D eigenvalue weighted by Gasteiger charge is 2.42. The van der Waals surface area contributed by atoms with E-state index in [1.165, 1.54) is 18.7 Å². The van der Waals surface area contributed by atoms with Gasteiger partial charge in [-0.05, 0) is 56.9 Å². The van der Waals surface area contributed by atoms with Crippen LogP contribution in [0.3, 0.4) is 0 Å². The standard InChI is InChI=1S/C42H65N9O19/c1-5-20(4)33(50-38(65)26(18-52)48-34(61)21-8-6-14-43-21)41(68)51-15-7-9-27(51)39(66)49-32(19(2)3)40(67)44-22(10-12-28(53)54)35(62)46-25(17-31(59)60)37(64)47-24(16-30(57)58)36(63)45-23(42(69)70)11-13-29(55)56/h19-27,32-33,43,52H,5-18H2,1-4H3,(H,44,67)(H,45,63)(H,46,62)(H,47,64)(H,48,61)(H,49,66)(H,50,65)(H,53,54)(H,55,56)(H,57,58)(H,59,60)(H,69,70)/t20-,21-,22-,23-,24-,25-,26-,27-,32-,33-/m0/s1. The lowest BCUT2D eigenvalue weighted by atomic mass is 9.96. The summed E-state index contributed by atoms with van der Waals surface area (Å²) in [5.74, 6) is -17.4. The van der Waals surface area contributed by atoms with E-state index in [1.54, 1.807) is 13.8 Å². The SMILES string of the molecule is CC[C@H](C)[C@H](NC(=O)[C@H](CO)NC(=O)[C@@H]1CCCN1)C(=O)N1CCC[C@H]1C(=O)N[C@H](C(=O)N[C@@H](CCC(=O)O)C(=O)N[C@@H](CC(=O)O)C(=O)N[C@@H](CC(=O)O)C(=O)N[C@@H](CCC(=O)O)C(=O)O)C(C)C. The number of nitrogens with one attached hydrogen (secondary N) is 8. The van der Waals surface area contributed by atoms with Crippen LogP contribution in [0.5, 0.6) is 0 Å². The van der Waals surface area contributed by atoms with Gasteiger partial charge in [0.15, 0.2) is 0 Å². The zero-order valence-corrected chi connectivity index (χ0v) is 39.2. The van der Waals surface area contributed by atoms with E-state index in [-0.39, 0.29) is 13.0 Å². The van der Waals surface area contributed by atoms with Crippen molar-refractivity contribution in [1.82, 2.24) is 47.4 Å². The number of aliphatic hydroxyl groups is 1. The number of amides is 8. The second-order valence-electron chi connectivity index (χ2n) is 17.3. The molecule has 0 aliphatic carbocycles. The van der Waals surface area contributed by atoms with Crippen LogP contribution in [-0.4, -0.2) is 187 Å². The molecule has 0 aromatic rings. The predicted octanol–water partition coefficient (Wildman–Crippen LogP) is -4.42. The maximum Gasteiger partial charge on any atom is 0.326 e. The monoisotopic (exact) mass is 999 g/mol. The fourth-order valence-electron chi connectivity index (χ4n) is 7.49. The first-order valence-corrected chi connectivity index (χ1v) is 22.7. The van der Waals surface area contributed by atoms with Crippen molar-refractivity contribution >= 4 is 77.1 Å². The zero-order chi connectivity index (χ0) is 53.0. The Bertz CT molecular complexity index is 1960. The van der Waals surface area contributed by atoms with Crippen molar-refractivity contribution in [2.45, 2.75) is 153 Å². The molecule has 392 valence electrons. The lowest BCUT2D eigenvalue weighted by Crippen LogP contribution is -2.61. The van der Waals surface area contributed by atoms with E-state index in [9.17, 15) is 87.9 Å². The summed E-state index contributed by atoms with van der Waals surface area (Å²) in [6, 6.07) is -13.8. The molecule has 8 amide bonds. The Morgan fingerprint density at radius 1 is 0.557 bits per heavy atom. The molecule has 28 nitrogen and oxygen atoms in total. The fourth-order valence-corrected chi connectivity index (χ4v) is 7.49. The number of carboxylic acid groups (broad SMARTS) is 5. The number of carbonyl (C=O) groups is 13. The second kappa shape index (κ2) is 28.5. The average molecular weight is 1000 g/mol. The topological polar surface area (TPSA) is 443 Å². The summed E-state index contributed by atoms with van der Waals surface area (Å²) in [6.45, 7) is 6.33. The van der Waals surface area contributed by atoms with Gasteiger partial charge >= 0.3 is 29.8 Å². The van der Waals surface area contributed by atoms with Gasteiger partial charge in [0, 0.05) is 19.4 Å². The highest BCUT2D eigenvalue weighted by molar-refractivity contribution is 5.99. The third-order valence-corrected chi connectivity index (χ3v) is 11.6. The van der Waals surface area contributed by atoms with Gasteiger partial charge in [-0.2, -0.15) is 0 Å². The Labute approximate surface area is 401 Å². The molecule has 10 atom stereocenters. The number of aliphatic hydroxyl groups excluding tert-OH is 1. The molecular formula is C42H65N9O19. The summed E-state index contributed by atoms with van der Waals surface area (Å²) in [6.07, 6.45) is -3.18. The van der Waals surface area contributed by atoms with Crippen LogP contribution in [0.1, 0.15) is 98.3 Å². The molecule has 14 N–H and O–H groups in total. The molecule has 0 radical (unpaired) electrons. The Balaban J connectivity index is 2.31. The van der Waals surface area contributed by atoms with Crippen LogP contribution in [0, 0.1) is 11.8 Å². The van der Waals surface area contributed by atoms with E-state index in [4.69, 9.17) is 5.11 Å². The van der Waals surface area contributed by atoms with Gasteiger partial charge in [0.25, 0.3) is 0 Å². The minimum Gasteiger partial charge on any atom is -0.481 e. The molecule has 0 aromatic heterocycles. The van der Waals surface area contributed by atoms with Crippen molar-refractivity contribution < 1.29 is 93.0 Å². The normalized spacial score (nSPS) is 18.8. The first-order chi connectivity index (χ1) is 32.8. The van der Waals surface area contributed by atoms with Gasteiger partial charge in [0.05, 0.1) is 25.5 Å². The minimum absolute atomic E-state index is 0.0612. The Morgan fingerprint density at radius 2 is 1.06 bits per heavy atom. The largest absolute Gasteiger partial charge is 0.481 e. The molecule has 0 aromatic carbocycles. The summed E-state index contributed by atoms with van der Waals surface area (Å²) in [5.41, 5.74) is 0. The van der Waals surface area contributed by atoms with Crippen molar-refractivity contribution in [3.8, 4) is 0 Å². The summed E-state index contributed by atoms with van der Waals surface area (Å²) in [7, 11) is 0. The molecule has 2 saturated heterocycles. The third kappa shape index (κ3) is 18.8. The van der Waals surface area contributed by atoms with Crippen molar-refractivity contribution in [3.05, 3.63) is 0 Å². The summed E-state index contributed by atoms with van der Waals surface area (Å²) in [4.78, 5) is 167. The highest BCUT2D eigenvalue weighted by atomic mass is 16.4. The maximum atomic E-state index is 14.1. The molecule has 28 heteroatoms. The van der Waals surface area contributed by atoms with E-state index >= 15 is 0 Å². The molecule has 0 spiro atoms. The number of hydrogen-bond acceptors (Lipinski definition) is 15. The van der Waals surface area contributed by atoms with Crippen LogP contribution < -0.4 is 42.5 Å². The van der Waals surface area contributed by atoms with Gasteiger partial charge in [-0.1, -0.05) is 34.1 Å².